The second-order valence-corrected chi connectivity index (χ2v) is 5.64. The van der Waals surface area contributed by atoms with Gasteiger partial charge in [0, 0.05) is 0 Å². The molecule has 0 radical (unpaired) electrons. The second kappa shape index (κ2) is 6.87. The maximum Gasteiger partial charge on any atom is 0.338 e. The van der Waals surface area contributed by atoms with Crippen LogP contribution in [0.2, 0.25) is 0 Å². The average Bonchev–Trinajstić information content (AvgIpc) is 3.05. The summed E-state index contributed by atoms with van der Waals surface area (Å²) >= 11 is 3.52. The van der Waals surface area contributed by atoms with Crippen molar-refractivity contribution in [1.82, 2.24) is 0 Å². The van der Waals surface area contributed by atoms with Crippen LogP contribution in [0.25, 0.3) is 11.6 Å². The molecule has 4 nitrogen and oxygen atoms in total. The zero-order valence-electron chi connectivity index (χ0n) is 12.5. The third-order valence-corrected chi connectivity index (χ3v) is 4.21. The van der Waals surface area contributed by atoms with Crippen LogP contribution in [0.5, 0.6) is 11.5 Å². The van der Waals surface area contributed by atoms with Gasteiger partial charge < -0.3 is 14.2 Å². The molecule has 1 heterocycles. The van der Waals surface area contributed by atoms with Gasteiger partial charge in [-0.3, -0.25) is 0 Å². The standard InChI is InChI=1S/C18H15BrO4/c1-2-21-18(20)14(12-6-4-3-5-7-12)10-13-8-9-15-17(16(13)19)23-11-22-15/h3-10H,2,11H2,1H3/b14-10+. The Morgan fingerprint density at radius 1 is 1.22 bits per heavy atom. The minimum atomic E-state index is -0.358. The monoisotopic (exact) mass is 374 g/mol. The molecule has 0 atom stereocenters. The molecule has 0 aliphatic carbocycles. The fraction of sp³-hybridized carbons (Fsp3) is 0.167. The summed E-state index contributed by atoms with van der Waals surface area (Å²) in [5, 5.41) is 0. The van der Waals surface area contributed by atoms with Crippen LogP contribution in [0, 0.1) is 0 Å². The van der Waals surface area contributed by atoms with E-state index in [2.05, 4.69) is 15.9 Å². The molecule has 0 saturated carbocycles. The van der Waals surface area contributed by atoms with Gasteiger partial charge in [-0.25, -0.2) is 4.79 Å². The maximum absolute atomic E-state index is 12.3. The zero-order valence-corrected chi connectivity index (χ0v) is 14.1. The van der Waals surface area contributed by atoms with E-state index in [-0.39, 0.29) is 12.8 Å². The summed E-state index contributed by atoms with van der Waals surface area (Å²) in [6.07, 6.45) is 1.79. The molecule has 0 spiro atoms. The van der Waals surface area contributed by atoms with Crippen molar-refractivity contribution in [3.05, 3.63) is 58.1 Å². The first kappa shape index (κ1) is 15.6. The predicted molar refractivity (Wildman–Crippen MR) is 91.2 cm³/mol. The Labute approximate surface area is 142 Å². The summed E-state index contributed by atoms with van der Waals surface area (Å²) in [6, 6.07) is 13.1. The first-order valence-electron chi connectivity index (χ1n) is 7.23. The maximum atomic E-state index is 12.3. The van der Waals surface area contributed by atoms with E-state index in [1.807, 2.05) is 42.5 Å². The van der Waals surface area contributed by atoms with Crippen molar-refractivity contribution in [2.75, 3.05) is 13.4 Å². The van der Waals surface area contributed by atoms with Crippen molar-refractivity contribution < 1.29 is 19.0 Å². The second-order valence-electron chi connectivity index (χ2n) is 4.85. The Morgan fingerprint density at radius 3 is 2.74 bits per heavy atom. The lowest BCUT2D eigenvalue weighted by Crippen LogP contribution is -2.06. The van der Waals surface area contributed by atoms with E-state index in [0.29, 0.717) is 23.7 Å². The van der Waals surface area contributed by atoms with Gasteiger partial charge in [0.05, 0.1) is 16.7 Å². The number of esters is 1. The van der Waals surface area contributed by atoms with Crippen molar-refractivity contribution in [2.24, 2.45) is 0 Å². The number of benzene rings is 2. The molecule has 0 unspecified atom stereocenters. The Morgan fingerprint density at radius 2 is 2.00 bits per heavy atom. The van der Waals surface area contributed by atoms with E-state index in [4.69, 9.17) is 14.2 Å². The Balaban J connectivity index is 2.06. The fourth-order valence-corrected chi connectivity index (χ4v) is 2.86. The highest BCUT2D eigenvalue weighted by Crippen LogP contribution is 2.42. The molecule has 0 amide bonds. The first-order valence-corrected chi connectivity index (χ1v) is 8.02. The van der Waals surface area contributed by atoms with Crippen molar-refractivity contribution in [3.63, 3.8) is 0 Å². The number of fused-ring (bicyclic) bond motifs is 1. The van der Waals surface area contributed by atoms with Crippen molar-refractivity contribution in [3.8, 4) is 11.5 Å². The molecule has 0 N–H and O–H groups in total. The van der Waals surface area contributed by atoms with E-state index in [1.54, 1.807) is 13.0 Å². The molecule has 2 aromatic rings. The lowest BCUT2D eigenvalue weighted by atomic mass is 10.0. The van der Waals surface area contributed by atoms with E-state index in [1.165, 1.54) is 0 Å². The normalized spacial score (nSPS) is 13.0. The van der Waals surface area contributed by atoms with Gasteiger partial charge >= 0.3 is 5.97 Å². The van der Waals surface area contributed by atoms with Crippen LogP contribution in [-0.4, -0.2) is 19.4 Å². The van der Waals surface area contributed by atoms with Gasteiger partial charge in [0.2, 0.25) is 6.79 Å². The van der Waals surface area contributed by atoms with Crippen LogP contribution in [0.1, 0.15) is 18.1 Å². The van der Waals surface area contributed by atoms with Gasteiger partial charge in [0.1, 0.15) is 0 Å². The molecule has 5 heteroatoms. The van der Waals surface area contributed by atoms with Gasteiger partial charge in [0.25, 0.3) is 0 Å². The van der Waals surface area contributed by atoms with Crippen LogP contribution >= 0.6 is 15.9 Å². The van der Waals surface area contributed by atoms with Crippen molar-refractivity contribution >= 4 is 33.5 Å². The number of carbonyl (C=O) groups excluding carboxylic acids is 1. The summed E-state index contributed by atoms with van der Waals surface area (Å²) in [5.74, 6) is 0.977. The summed E-state index contributed by atoms with van der Waals surface area (Å²) in [7, 11) is 0. The smallest absolute Gasteiger partial charge is 0.338 e. The number of hydrogen-bond donors (Lipinski definition) is 0. The fourth-order valence-electron chi connectivity index (χ4n) is 2.31. The SMILES string of the molecule is CCOC(=O)/C(=C/c1ccc2c(c1Br)OCO2)c1ccccc1. The quantitative estimate of drug-likeness (QED) is 0.455. The first-order chi connectivity index (χ1) is 11.2. The molecule has 1 aliphatic heterocycles. The molecule has 0 saturated heterocycles. The van der Waals surface area contributed by atoms with Crippen LogP contribution in [0.3, 0.4) is 0 Å². The summed E-state index contributed by atoms with van der Waals surface area (Å²) in [5.41, 5.74) is 2.11. The number of carbonyl (C=O) groups is 1. The number of hydrogen-bond acceptors (Lipinski definition) is 4. The Bertz CT molecular complexity index is 753. The van der Waals surface area contributed by atoms with Gasteiger partial charge in [0.15, 0.2) is 11.5 Å². The van der Waals surface area contributed by atoms with Crippen LogP contribution in [0.15, 0.2) is 46.9 Å². The zero-order chi connectivity index (χ0) is 16.2. The minimum Gasteiger partial charge on any atom is -0.462 e. The molecule has 2 aromatic carbocycles. The average molecular weight is 375 g/mol. The lowest BCUT2D eigenvalue weighted by Gasteiger charge is -2.09. The highest BCUT2D eigenvalue weighted by molar-refractivity contribution is 9.10. The van der Waals surface area contributed by atoms with E-state index in [0.717, 1.165) is 15.6 Å². The van der Waals surface area contributed by atoms with Crippen molar-refractivity contribution in [2.45, 2.75) is 6.92 Å². The summed E-state index contributed by atoms with van der Waals surface area (Å²) in [4.78, 5) is 12.3. The predicted octanol–water partition coefficient (Wildman–Crippen LogP) is 4.28. The van der Waals surface area contributed by atoms with Gasteiger partial charge in [-0.05, 0) is 52.2 Å². The van der Waals surface area contributed by atoms with E-state index < -0.39 is 0 Å². The highest BCUT2D eigenvalue weighted by Gasteiger charge is 2.20. The lowest BCUT2D eigenvalue weighted by molar-refractivity contribution is -0.136. The molecular weight excluding hydrogens is 360 g/mol. The van der Waals surface area contributed by atoms with Crippen LogP contribution in [0.4, 0.5) is 0 Å². The van der Waals surface area contributed by atoms with Gasteiger partial charge in [-0.15, -0.1) is 0 Å². The number of ether oxygens (including phenoxy) is 3. The van der Waals surface area contributed by atoms with Crippen LogP contribution in [-0.2, 0) is 9.53 Å². The van der Waals surface area contributed by atoms with Crippen molar-refractivity contribution in [1.29, 1.82) is 0 Å². The number of halogens is 1. The molecule has 118 valence electrons. The topological polar surface area (TPSA) is 44.8 Å². The summed E-state index contributed by atoms with van der Waals surface area (Å²) in [6.45, 7) is 2.31. The molecular formula is C18H15BrO4. The molecule has 0 fully saturated rings. The third-order valence-electron chi connectivity index (χ3n) is 3.39. The van der Waals surface area contributed by atoms with E-state index >= 15 is 0 Å². The Kier molecular flexibility index (Phi) is 4.67. The summed E-state index contributed by atoms with van der Waals surface area (Å²) < 4.78 is 16.7. The molecule has 0 bridgehead atoms. The van der Waals surface area contributed by atoms with Gasteiger partial charge in [-0.2, -0.15) is 0 Å². The molecule has 1 aliphatic rings. The minimum absolute atomic E-state index is 0.199. The number of rotatable bonds is 4. The van der Waals surface area contributed by atoms with Gasteiger partial charge in [-0.1, -0.05) is 30.3 Å². The van der Waals surface area contributed by atoms with E-state index in [9.17, 15) is 4.79 Å². The third kappa shape index (κ3) is 3.24. The molecule has 3 rings (SSSR count). The molecule has 0 aromatic heterocycles. The molecule has 23 heavy (non-hydrogen) atoms. The Hall–Kier alpha value is -2.27. The van der Waals surface area contributed by atoms with Crippen LogP contribution < -0.4 is 9.47 Å². The highest BCUT2D eigenvalue weighted by atomic mass is 79.9. The largest absolute Gasteiger partial charge is 0.462 e.